The summed E-state index contributed by atoms with van der Waals surface area (Å²) in [6, 6.07) is 6.02. The molecule has 2 unspecified atom stereocenters. The molecule has 2 heterocycles. The quantitative estimate of drug-likeness (QED) is 0.0405. The molecule has 2 rings (SSSR count). The summed E-state index contributed by atoms with van der Waals surface area (Å²) in [6.07, 6.45) is 23.9. The number of hydrogen-bond acceptors (Lipinski definition) is 10. The Balaban J connectivity index is 1.61. The van der Waals surface area contributed by atoms with Crippen molar-refractivity contribution in [3.05, 3.63) is 24.4 Å². The Morgan fingerprint density at radius 2 is 1.29 bits per heavy atom. The molecule has 2 N–H and O–H groups in total. The van der Waals surface area contributed by atoms with Gasteiger partial charge in [-0.05, 0) is 48.7 Å². The lowest BCUT2D eigenvalue weighted by Crippen LogP contribution is -2.47. The summed E-state index contributed by atoms with van der Waals surface area (Å²) in [5.41, 5.74) is 0. The van der Waals surface area contributed by atoms with E-state index in [9.17, 15) is 15.0 Å². The van der Waals surface area contributed by atoms with Crippen LogP contribution in [0.4, 0.5) is 0 Å². The third-order valence-corrected chi connectivity index (χ3v) is 12.2. The molecule has 1 saturated heterocycles. The Bertz CT molecular complexity index is 898. The summed E-state index contributed by atoms with van der Waals surface area (Å²) in [4.78, 5) is 24.1. The molecule has 0 radical (unpaired) electrons. The number of hydrogen-bond donors (Lipinski definition) is 2. The highest BCUT2D eigenvalue weighted by molar-refractivity contribution is 8.76. The number of ether oxygens (including phenoxy) is 1. The Morgan fingerprint density at radius 3 is 1.82 bits per heavy atom. The molecule has 0 amide bonds. The van der Waals surface area contributed by atoms with Crippen LogP contribution in [0.5, 0.6) is 0 Å². The standard InChI is InChI=1S/C41H76N4O4S2/c1-3-5-7-9-11-13-15-17-22-38(46)36-45(37-39(47)23-18-16-14-12-10-8-6-4-2)27-21-25-41(48)49-34-32-43-28-30-44(31-29-43)33-35-50-51-40-24-19-20-26-42-40/h19-20,24,26,38-39,46-47H,3-18,21-23,25,27-37H2,1-2H3. The van der Waals surface area contributed by atoms with Crippen molar-refractivity contribution >= 4 is 27.6 Å². The molecule has 8 nitrogen and oxygen atoms in total. The number of aromatic nitrogens is 1. The number of aliphatic hydroxyl groups is 2. The van der Waals surface area contributed by atoms with Gasteiger partial charge in [0.15, 0.2) is 0 Å². The second kappa shape index (κ2) is 32.5. The second-order valence-corrected chi connectivity index (χ2v) is 17.1. The number of rotatable bonds is 34. The Kier molecular flexibility index (Phi) is 29.5. The van der Waals surface area contributed by atoms with Crippen molar-refractivity contribution in [1.29, 1.82) is 0 Å². The minimum atomic E-state index is -0.392. The molecule has 1 aliphatic rings. The van der Waals surface area contributed by atoms with E-state index in [4.69, 9.17) is 4.74 Å². The summed E-state index contributed by atoms with van der Waals surface area (Å²) in [5.74, 6) is 0.933. The third kappa shape index (κ3) is 26.5. The Hall–Kier alpha value is -0.880. The fourth-order valence-corrected chi connectivity index (χ4v) is 8.68. The van der Waals surface area contributed by atoms with Crippen molar-refractivity contribution in [2.75, 3.05) is 71.3 Å². The summed E-state index contributed by atoms with van der Waals surface area (Å²) in [7, 11) is 3.60. The number of esters is 1. The fourth-order valence-electron chi connectivity index (χ4n) is 6.77. The highest BCUT2D eigenvalue weighted by Crippen LogP contribution is 2.28. The van der Waals surface area contributed by atoms with Gasteiger partial charge in [-0.1, -0.05) is 133 Å². The van der Waals surface area contributed by atoms with Gasteiger partial charge in [0.25, 0.3) is 0 Å². The first kappa shape index (κ1) is 46.3. The molecular formula is C41H76N4O4S2. The van der Waals surface area contributed by atoms with Crippen molar-refractivity contribution in [1.82, 2.24) is 19.7 Å². The van der Waals surface area contributed by atoms with Crippen LogP contribution in [0.1, 0.15) is 142 Å². The summed E-state index contributed by atoms with van der Waals surface area (Å²) in [6.45, 7) is 12.7. The maximum Gasteiger partial charge on any atom is 0.305 e. The molecule has 1 fully saturated rings. The number of aliphatic hydroxyl groups excluding tert-OH is 2. The predicted molar refractivity (Wildman–Crippen MR) is 219 cm³/mol. The van der Waals surface area contributed by atoms with E-state index in [2.05, 4.69) is 33.5 Å². The lowest BCUT2D eigenvalue weighted by atomic mass is 10.0. The highest BCUT2D eigenvalue weighted by atomic mass is 33.1. The first-order valence-electron chi connectivity index (χ1n) is 20.9. The normalized spacial score (nSPS) is 15.4. The van der Waals surface area contributed by atoms with Gasteiger partial charge >= 0.3 is 5.97 Å². The number of pyridine rings is 1. The third-order valence-electron chi connectivity index (χ3n) is 9.98. The van der Waals surface area contributed by atoms with E-state index in [1.807, 2.05) is 35.2 Å². The molecule has 0 bridgehead atoms. The van der Waals surface area contributed by atoms with Crippen LogP contribution >= 0.6 is 21.6 Å². The van der Waals surface area contributed by atoms with Crippen LogP contribution in [0.2, 0.25) is 0 Å². The number of nitrogens with zero attached hydrogens (tertiary/aromatic N) is 4. The van der Waals surface area contributed by atoms with Crippen molar-refractivity contribution in [2.45, 2.75) is 159 Å². The minimum absolute atomic E-state index is 0.144. The van der Waals surface area contributed by atoms with Crippen LogP contribution in [0, 0.1) is 0 Å². The molecule has 0 aromatic carbocycles. The van der Waals surface area contributed by atoms with Crippen LogP contribution < -0.4 is 0 Å². The lowest BCUT2D eigenvalue weighted by Gasteiger charge is -2.34. The number of carbonyl (C=O) groups excluding carboxylic acids is 1. The van der Waals surface area contributed by atoms with Gasteiger partial charge in [0, 0.05) is 70.7 Å². The average molecular weight is 753 g/mol. The monoisotopic (exact) mass is 753 g/mol. The minimum Gasteiger partial charge on any atom is -0.464 e. The average Bonchev–Trinajstić information content (AvgIpc) is 3.13. The van der Waals surface area contributed by atoms with Gasteiger partial charge in [-0.25, -0.2) is 4.98 Å². The first-order valence-corrected chi connectivity index (χ1v) is 23.2. The predicted octanol–water partition coefficient (Wildman–Crippen LogP) is 8.85. The Morgan fingerprint density at radius 1 is 0.765 bits per heavy atom. The van der Waals surface area contributed by atoms with E-state index in [-0.39, 0.29) is 5.97 Å². The van der Waals surface area contributed by atoms with E-state index in [0.717, 1.165) is 75.7 Å². The van der Waals surface area contributed by atoms with Crippen molar-refractivity contribution in [3.63, 3.8) is 0 Å². The van der Waals surface area contributed by atoms with E-state index >= 15 is 0 Å². The zero-order chi connectivity index (χ0) is 36.6. The molecule has 1 aromatic rings. The van der Waals surface area contributed by atoms with Gasteiger partial charge in [0.1, 0.15) is 11.6 Å². The van der Waals surface area contributed by atoms with Gasteiger partial charge in [-0.2, -0.15) is 0 Å². The second-order valence-electron chi connectivity index (χ2n) is 14.7. The molecule has 1 aromatic heterocycles. The van der Waals surface area contributed by atoms with Gasteiger partial charge in [0.05, 0.1) is 12.2 Å². The van der Waals surface area contributed by atoms with Crippen molar-refractivity contribution < 1.29 is 19.7 Å². The lowest BCUT2D eigenvalue weighted by molar-refractivity contribution is -0.144. The van der Waals surface area contributed by atoms with E-state index in [1.165, 1.54) is 89.9 Å². The van der Waals surface area contributed by atoms with E-state index < -0.39 is 12.2 Å². The molecule has 0 saturated carbocycles. The SMILES string of the molecule is CCCCCCCCCCC(O)CN(CCCC(=O)OCCN1CCN(CCSSc2ccccn2)CC1)CC(O)CCCCCCCCCC. The van der Waals surface area contributed by atoms with Gasteiger partial charge in [-0.15, -0.1) is 0 Å². The number of unbranched alkanes of at least 4 members (excludes halogenated alkanes) is 14. The topological polar surface area (TPSA) is 89.4 Å². The maximum absolute atomic E-state index is 12.6. The first-order chi connectivity index (χ1) is 25.0. The zero-order valence-electron chi connectivity index (χ0n) is 32.7. The van der Waals surface area contributed by atoms with Crippen molar-refractivity contribution in [3.8, 4) is 0 Å². The smallest absolute Gasteiger partial charge is 0.305 e. The van der Waals surface area contributed by atoms with Crippen molar-refractivity contribution in [2.24, 2.45) is 0 Å². The van der Waals surface area contributed by atoms with E-state index in [0.29, 0.717) is 39.1 Å². The van der Waals surface area contributed by atoms with Gasteiger partial charge in [-0.3, -0.25) is 19.5 Å². The van der Waals surface area contributed by atoms with Crippen LogP contribution in [0.25, 0.3) is 0 Å². The van der Waals surface area contributed by atoms with E-state index in [1.54, 1.807) is 10.8 Å². The molecule has 2 atom stereocenters. The van der Waals surface area contributed by atoms with Crippen LogP contribution in [-0.4, -0.2) is 119 Å². The highest BCUT2D eigenvalue weighted by Gasteiger charge is 2.18. The fraction of sp³-hybridized carbons (Fsp3) is 0.854. The summed E-state index contributed by atoms with van der Waals surface area (Å²) >= 11 is 0. The van der Waals surface area contributed by atoms with Gasteiger partial charge in [0.2, 0.25) is 0 Å². The molecule has 296 valence electrons. The largest absolute Gasteiger partial charge is 0.464 e. The molecule has 1 aliphatic heterocycles. The molecule has 0 spiro atoms. The summed E-state index contributed by atoms with van der Waals surface area (Å²) in [5, 5.41) is 22.8. The number of carbonyl (C=O) groups is 1. The Labute approximate surface area is 321 Å². The molecule has 0 aliphatic carbocycles. The number of piperazine rings is 1. The van der Waals surface area contributed by atoms with Crippen LogP contribution in [0.15, 0.2) is 29.4 Å². The molecular weight excluding hydrogens is 677 g/mol. The summed E-state index contributed by atoms with van der Waals surface area (Å²) < 4.78 is 5.63. The maximum atomic E-state index is 12.6. The van der Waals surface area contributed by atoms with Crippen LogP contribution in [0.3, 0.4) is 0 Å². The van der Waals surface area contributed by atoms with Gasteiger partial charge < -0.3 is 14.9 Å². The zero-order valence-corrected chi connectivity index (χ0v) is 34.3. The van der Waals surface area contributed by atoms with Crippen LogP contribution in [-0.2, 0) is 9.53 Å². The molecule has 51 heavy (non-hydrogen) atoms. The molecule has 10 heteroatoms.